The molecule has 3 rings (SSSR count). The molecule has 0 radical (unpaired) electrons. The van der Waals surface area contributed by atoms with Crippen LogP contribution in [0.1, 0.15) is 0 Å². The molecular weight excluding hydrogens is 254 g/mol. The van der Waals surface area contributed by atoms with Crippen LogP contribution in [-0.4, -0.2) is 17.4 Å². The van der Waals surface area contributed by atoms with Gasteiger partial charge in [-0.15, -0.1) is 0 Å². The molecule has 1 N–H and O–H groups in total. The third-order valence-electron chi connectivity index (χ3n) is 3.07. The Balaban J connectivity index is 1.95. The second-order valence-electron chi connectivity index (χ2n) is 4.32. The van der Waals surface area contributed by atoms with Crippen LogP contribution in [-0.2, 0) is 0 Å². The molecule has 0 saturated heterocycles. The molecule has 0 fully saturated rings. The average Bonchev–Trinajstić information content (AvgIpc) is 2.97. The Morgan fingerprint density at radius 3 is 2.50 bits per heavy atom. The van der Waals surface area contributed by atoms with Gasteiger partial charge in [-0.3, -0.25) is 0 Å². The zero-order valence-electron chi connectivity index (χ0n) is 10.9. The van der Waals surface area contributed by atoms with Crippen LogP contribution in [0.5, 0.6) is 11.5 Å². The van der Waals surface area contributed by atoms with Crippen LogP contribution < -0.4 is 4.74 Å². The highest BCUT2D eigenvalue weighted by molar-refractivity contribution is 5.70. The lowest BCUT2D eigenvalue weighted by molar-refractivity contribution is 0.414. The summed E-state index contributed by atoms with van der Waals surface area (Å²) in [5.74, 6) is 1.50. The van der Waals surface area contributed by atoms with Gasteiger partial charge < -0.3 is 14.4 Å². The summed E-state index contributed by atoms with van der Waals surface area (Å²) in [6.45, 7) is 0. The topological polar surface area (TPSA) is 55.5 Å². The standard InChI is InChI=1S/C16H13NO3/c1-19-12-8-6-11(7-9-12)14-10-16(20-17-14)13-4-2-3-5-15(13)18/h2-10,18H,1H3. The summed E-state index contributed by atoms with van der Waals surface area (Å²) in [5, 5.41) is 13.8. The fourth-order valence-electron chi connectivity index (χ4n) is 1.98. The number of phenolic OH excluding ortho intramolecular Hbond substituents is 1. The van der Waals surface area contributed by atoms with Crippen molar-refractivity contribution in [3.05, 3.63) is 54.6 Å². The number of aromatic hydroxyl groups is 1. The summed E-state index contributed by atoms with van der Waals surface area (Å²) < 4.78 is 10.4. The molecule has 1 aromatic heterocycles. The molecule has 0 aliphatic heterocycles. The van der Waals surface area contributed by atoms with E-state index in [1.165, 1.54) is 0 Å². The molecule has 0 bridgehead atoms. The second kappa shape index (κ2) is 5.09. The minimum absolute atomic E-state index is 0.171. The molecule has 2 aromatic carbocycles. The lowest BCUT2D eigenvalue weighted by Gasteiger charge is -1.99. The van der Waals surface area contributed by atoms with Crippen LogP contribution in [0.2, 0.25) is 0 Å². The zero-order valence-corrected chi connectivity index (χ0v) is 10.9. The third-order valence-corrected chi connectivity index (χ3v) is 3.07. The number of nitrogens with zero attached hydrogens (tertiary/aromatic N) is 1. The molecule has 0 spiro atoms. The minimum Gasteiger partial charge on any atom is -0.507 e. The van der Waals surface area contributed by atoms with Gasteiger partial charge in [0, 0.05) is 11.6 Å². The lowest BCUT2D eigenvalue weighted by Crippen LogP contribution is -1.82. The first-order valence-corrected chi connectivity index (χ1v) is 6.17. The van der Waals surface area contributed by atoms with E-state index in [4.69, 9.17) is 9.26 Å². The molecular formula is C16H13NO3. The van der Waals surface area contributed by atoms with Gasteiger partial charge in [0.25, 0.3) is 0 Å². The zero-order chi connectivity index (χ0) is 13.9. The van der Waals surface area contributed by atoms with Crippen LogP contribution in [0, 0.1) is 0 Å². The largest absolute Gasteiger partial charge is 0.507 e. The normalized spacial score (nSPS) is 10.4. The van der Waals surface area contributed by atoms with Gasteiger partial charge in [-0.1, -0.05) is 17.3 Å². The van der Waals surface area contributed by atoms with E-state index in [9.17, 15) is 5.11 Å². The fraction of sp³-hybridized carbons (Fsp3) is 0.0625. The summed E-state index contributed by atoms with van der Waals surface area (Å²) in [4.78, 5) is 0. The van der Waals surface area contributed by atoms with Crippen LogP contribution in [0.25, 0.3) is 22.6 Å². The Morgan fingerprint density at radius 2 is 1.80 bits per heavy atom. The molecule has 4 nitrogen and oxygen atoms in total. The number of hydrogen-bond donors (Lipinski definition) is 1. The highest BCUT2D eigenvalue weighted by Gasteiger charge is 2.11. The minimum atomic E-state index is 0.171. The van der Waals surface area contributed by atoms with Crippen molar-refractivity contribution in [3.8, 4) is 34.1 Å². The molecule has 0 saturated carbocycles. The molecule has 3 aromatic rings. The monoisotopic (exact) mass is 267 g/mol. The Morgan fingerprint density at radius 1 is 1.05 bits per heavy atom. The van der Waals surface area contributed by atoms with Gasteiger partial charge >= 0.3 is 0 Å². The molecule has 0 aliphatic rings. The number of hydrogen-bond acceptors (Lipinski definition) is 4. The summed E-state index contributed by atoms with van der Waals surface area (Å²) in [6, 6.07) is 16.4. The molecule has 0 aliphatic carbocycles. The van der Waals surface area contributed by atoms with Crippen LogP contribution in [0.4, 0.5) is 0 Å². The van der Waals surface area contributed by atoms with Crippen molar-refractivity contribution in [1.29, 1.82) is 0 Å². The van der Waals surface area contributed by atoms with Crippen molar-refractivity contribution in [3.63, 3.8) is 0 Å². The number of aromatic nitrogens is 1. The van der Waals surface area contributed by atoms with Gasteiger partial charge in [0.05, 0.1) is 12.7 Å². The van der Waals surface area contributed by atoms with Crippen molar-refractivity contribution >= 4 is 0 Å². The number of methoxy groups -OCH3 is 1. The Kier molecular flexibility index (Phi) is 3.13. The first kappa shape index (κ1) is 12.3. The molecule has 0 atom stereocenters. The maximum absolute atomic E-state index is 9.81. The van der Waals surface area contributed by atoms with E-state index in [1.807, 2.05) is 30.3 Å². The maximum Gasteiger partial charge on any atom is 0.171 e. The van der Waals surface area contributed by atoms with Crippen molar-refractivity contribution in [2.75, 3.05) is 7.11 Å². The second-order valence-corrected chi connectivity index (χ2v) is 4.32. The smallest absolute Gasteiger partial charge is 0.171 e. The van der Waals surface area contributed by atoms with E-state index in [2.05, 4.69) is 5.16 Å². The van der Waals surface area contributed by atoms with Crippen molar-refractivity contribution in [2.45, 2.75) is 0 Å². The summed E-state index contributed by atoms with van der Waals surface area (Å²) in [7, 11) is 1.63. The van der Waals surface area contributed by atoms with E-state index >= 15 is 0 Å². The number of ether oxygens (including phenoxy) is 1. The predicted molar refractivity (Wildman–Crippen MR) is 75.6 cm³/mol. The van der Waals surface area contributed by atoms with Crippen molar-refractivity contribution < 1.29 is 14.4 Å². The molecule has 20 heavy (non-hydrogen) atoms. The van der Waals surface area contributed by atoms with Crippen molar-refractivity contribution in [2.24, 2.45) is 0 Å². The van der Waals surface area contributed by atoms with E-state index in [1.54, 1.807) is 31.4 Å². The number of rotatable bonds is 3. The molecule has 0 amide bonds. The van der Waals surface area contributed by atoms with Crippen LogP contribution >= 0.6 is 0 Å². The van der Waals surface area contributed by atoms with E-state index in [-0.39, 0.29) is 5.75 Å². The summed E-state index contributed by atoms with van der Waals surface area (Å²) in [6.07, 6.45) is 0. The van der Waals surface area contributed by atoms with E-state index < -0.39 is 0 Å². The highest BCUT2D eigenvalue weighted by atomic mass is 16.5. The molecule has 1 heterocycles. The van der Waals surface area contributed by atoms with Gasteiger partial charge in [0.1, 0.15) is 17.2 Å². The number of phenols is 1. The number of benzene rings is 2. The molecule has 100 valence electrons. The Bertz CT molecular complexity index is 717. The van der Waals surface area contributed by atoms with Crippen LogP contribution in [0.15, 0.2) is 59.1 Å². The van der Waals surface area contributed by atoms with E-state index in [0.29, 0.717) is 17.0 Å². The third kappa shape index (κ3) is 2.23. The fourth-order valence-corrected chi connectivity index (χ4v) is 1.98. The summed E-state index contributed by atoms with van der Waals surface area (Å²) in [5.41, 5.74) is 2.27. The van der Waals surface area contributed by atoms with Crippen molar-refractivity contribution in [1.82, 2.24) is 5.16 Å². The maximum atomic E-state index is 9.81. The molecule has 4 heteroatoms. The van der Waals surface area contributed by atoms with Gasteiger partial charge in [-0.2, -0.15) is 0 Å². The van der Waals surface area contributed by atoms with Gasteiger partial charge in [0.15, 0.2) is 5.76 Å². The Hall–Kier alpha value is -2.75. The first-order valence-electron chi connectivity index (χ1n) is 6.17. The lowest BCUT2D eigenvalue weighted by atomic mass is 10.1. The predicted octanol–water partition coefficient (Wildman–Crippen LogP) is 3.72. The quantitative estimate of drug-likeness (QED) is 0.785. The highest BCUT2D eigenvalue weighted by Crippen LogP contribution is 2.31. The van der Waals surface area contributed by atoms with E-state index in [0.717, 1.165) is 11.3 Å². The van der Waals surface area contributed by atoms with Gasteiger partial charge in [0.2, 0.25) is 0 Å². The van der Waals surface area contributed by atoms with Gasteiger partial charge in [-0.25, -0.2) is 0 Å². The van der Waals surface area contributed by atoms with Gasteiger partial charge in [-0.05, 0) is 36.4 Å². The average molecular weight is 267 g/mol. The Labute approximate surface area is 116 Å². The summed E-state index contributed by atoms with van der Waals surface area (Å²) >= 11 is 0. The number of para-hydroxylation sites is 1. The molecule has 0 unspecified atom stereocenters. The SMILES string of the molecule is COc1ccc(-c2cc(-c3ccccc3O)on2)cc1. The first-order chi connectivity index (χ1) is 9.78. The van der Waals surface area contributed by atoms with Crippen LogP contribution in [0.3, 0.4) is 0 Å².